The number of nitrogens with one attached hydrogen (secondary N) is 2. The third-order valence-electron chi connectivity index (χ3n) is 6.29. The van der Waals surface area contributed by atoms with Crippen LogP contribution in [-0.4, -0.2) is 73.9 Å². The zero-order valence-electron chi connectivity index (χ0n) is 22.3. The Balaban J connectivity index is 1.59. The first-order chi connectivity index (χ1) is 19.5. The molecule has 0 unspecified atom stereocenters. The van der Waals surface area contributed by atoms with E-state index in [1.165, 1.54) is 30.5 Å². The number of piperazine rings is 1. The van der Waals surface area contributed by atoms with Crippen LogP contribution in [0.4, 0.5) is 24.5 Å². The standard InChI is InChI=1S/C27H28ClF3N8O2/c1-4-33-21-15-34-26(39-11-9-38(2)10-12-39)37-23(21)24(32)36-20-13-16(5-7-19(20)28)25(40)35-17-6-8-22(41-3)18(14-17)27(29,30)31/h4-8,13-15,36H,1,9-12,32H2,2-3H3,(H,35,40)/b24-23-,33-21-. The molecule has 1 amide bonds. The highest BCUT2D eigenvalue weighted by molar-refractivity contribution is 6.41. The van der Waals surface area contributed by atoms with E-state index >= 15 is 0 Å². The quantitative estimate of drug-likeness (QED) is 0.459. The summed E-state index contributed by atoms with van der Waals surface area (Å²) in [6, 6.07) is 7.56. The van der Waals surface area contributed by atoms with E-state index in [1.807, 2.05) is 11.9 Å². The first kappa shape index (κ1) is 29.6. The highest BCUT2D eigenvalue weighted by Gasteiger charge is 2.34. The fourth-order valence-corrected chi connectivity index (χ4v) is 4.26. The Morgan fingerprint density at radius 1 is 1.17 bits per heavy atom. The molecule has 0 saturated carbocycles. The van der Waals surface area contributed by atoms with Crippen molar-refractivity contribution in [1.29, 1.82) is 0 Å². The van der Waals surface area contributed by atoms with Gasteiger partial charge in [-0.15, -0.1) is 0 Å². The molecule has 0 atom stereocenters. The zero-order chi connectivity index (χ0) is 29.7. The smallest absolute Gasteiger partial charge is 0.420 e. The number of guanidine groups is 1. The molecule has 0 bridgehead atoms. The number of anilines is 2. The van der Waals surface area contributed by atoms with E-state index in [0.717, 1.165) is 45.4 Å². The van der Waals surface area contributed by atoms with Crippen LogP contribution in [-0.2, 0) is 6.18 Å². The predicted octanol–water partition coefficient (Wildman–Crippen LogP) is 4.43. The van der Waals surface area contributed by atoms with Crippen LogP contribution < -0.4 is 21.1 Å². The molecular weight excluding hydrogens is 561 g/mol. The number of halogens is 4. The lowest BCUT2D eigenvalue weighted by Gasteiger charge is -2.33. The van der Waals surface area contributed by atoms with Gasteiger partial charge in [-0.2, -0.15) is 13.2 Å². The van der Waals surface area contributed by atoms with Crippen LogP contribution in [0.15, 0.2) is 75.7 Å². The number of methoxy groups -OCH3 is 1. The van der Waals surface area contributed by atoms with Crippen molar-refractivity contribution in [1.82, 2.24) is 9.80 Å². The number of carbonyl (C=O) groups is 1. The molecule has 2 heterocycles. The van der Waals surface area contributed by atoms with Gasteiger partial charge in [-0.3, -0.25) is 9.79 Å². The summed E-state index contributed by atoms with van der Waals surface area (Å²) in [6.45, 7) is 6.81. The van der Waals surface area contributed by atoms with Gasteiger partial charge < -0.3 is 30.9 Å². The minimum absolute atomic E-state index is 0.0632. The van der Waals surface area contributed by atoms with Gasteiger partial charge in [0.2, 0.25) is 5.96 Å². The number of nitrogens with zero attached hydrogens (tertiary/aromatic N) is 5. The van der Waals surface area contributed by atoms with Crippen molar-refractivity contribution in [2.24, 2.45) is 20.7 Å². The topological polar surface area (TPSA) is 120 Å². The van der Waals surface area contributed by atoms with E-state index < -0.39 is 17.6 Å². The van der Waals surface area contributed by atoms with Crippen molar-refractivity contribution >= 4 is 46.8 Å². The number of allylic oxidation sites excluding steroid dienone is 1. The van der Waals surface area contributed by atoms with Crippen molar-refractivity contribution in [2.75, 3.05) is 51.0 Å². The highest BCUT2D eigenvalue weighted by Crippen LogP contribution is 2.38. The van der Waals surface area contributed by atoms with Crippen LogP contribution in [0, 0.1) is 0 Å². The number of likely N-dealkylation sites (N-methyl/N-ethyl adjacent to an activating group) is 1. The lowest BCUT2D eigenvalue weighted by molar-refractivity contribution is -0.138. The van der Waals surface area contributed by atoms with Gasteiger partial charge in [0, 0.05) is 43.6 Å². The molecule has 2 aliphatic heterocycles. The minimum Gasteiger partial charge on any atom is -0.496 e. The summed E-state index contributed by atoms with van der Waals surface area (Å²) >= 11 is 6.38. The first-order valence-corrected chi connectivity index (χ1v) is 12.8. The molecule has 2 aromatic rings. The van der Waals surface area contributed by atoms with E-state index in [2.05, 4.69) is 37.1 Å². The lowest BCUT2D eigenvalue weighted by Crippen LogP contribution is -2.47. The van der Waals surface area contributed by atoms with Crippen molar-refractivity contribution in [3.63, 3.8) is 0 Å². The molecule has 1 saturated heterocycles. The van der Waals surface area contributed by atoms with Gasteiger partial charge in [-0.1, -0.05) is 18.2 Å². The Morgan fingerprint density at radius 3 is 2.56 bits per heavy atom. The van der Waals surface area contributed by atoms with Crippen LogP contribution in [0.3, 0.4) is 0 Å². The number of ether oxygens (including phenoxy) is 1. The lowest BCUT2D eigenvalue weighted by atomic mass is 10.1. The average molecular weight is 589 g/mol. The molecule has 0 radical (unpaired) electrons. The molecule has 4 N–H and O–H groups in total. The molecule has 41 heavy (non-hydrogen) atoms. The molecule has 2 aliphatic rings. The Hall–Kier alpha value is -4.36. The van der Waals surface area contributed by atoms with Gasteiger partial charge in [-0.05, 0) is 43.4 Å². The fourth-order valence-electron chi connectivity index (χ4n) is 4.09. The van der Waals surface area contributed by atoms with E-state index in [1.54, 1.807) is 6.21 Å². The number of rotatable bonds is 6. The van der Waals surface area contributed by atoms with Gasteiger partial charge in [0.1, 0.15) is 23.0 Å². The Labute approximate surface area is 239 Å². The Bertz CT molecular complexity index is 1460. The van der Waals surface area contributed by atoms with Crippen molar-refractivity contribution in [3.8, 4) is 5.75 Å². The van der Waals surface area contributed by atoms with Crippen molar-refractivity contribution in [2.45, 2.75) is 6.18 Å². The molecular formula is C27H28ClF3N8O2. The average Bonchev–Trinajstić information content (AvgIpc) is 2.94. The van der Waals surface area contributed by atoms with Crippen molar-refractivity contribution < 1.29 is 22.7 Å². The summed E-state index contributed by atoms with van der Waals surface area (Å²) in [6.07, 6.45) is -1.78. The molecule has 0 spiro atoms. The SMILES string of the molecule is C=C/N=C1/C=NC(N2CCN(C)CC2)=N/C1=C(/N)Nc1cc(C(=O)Nc2ccc(OC)c(C(F)(F)F)c2)ccc1Cl. The van der Waals surface area contributed by atoms with Crippen LogP contribution in [0.5, 0.6) is 5.75 Å². The highest BCUT2D eigenvalue weighted by atomic mass is 35.5. The van der Waals surface area contributed by atoms with E-state index in [0.29, 0.717) is 17.4 Å². The summed E-state index contributed by atoms with van der Waals surface area (Å²) in [4.78, 5) is 30.4. The third kappa shape index (κ3) is 7.05. The monoisotopic (exact) mass is 588 g/mol. The van der Waals surface area contributed by atoms with Gasteiger partial charge in [0.15, 0.2) is 0 Å². The first-order valence-electron chi connectivity index (χ1n) is 12.4. The summed E-state index contributed by atoms with van der Waals surface area (Å²) < 4.78 is 45.0. The summed E-state index contributed by atoms with van der Waals surface area (Å²) in [7, 11) is 3.18. The maximum Gasteiger partial charge on any atom is 0.420 e. The number of alkyl halides is 3. The second-order valence-electron chi connectivity index (χ2n) is 9.11. The molecule has 14 heteroatoms. The number of hydrogen-bond acceptors (Lipinski definition) is 9. The van der Waals surface area contributed by atoms with E-state index in [9.17, 15) is 18.0 Å². The van der Waals surface area contributed by atoms with Crippen LogP contribution in [0.2, 0.25) is 5.02 Å². The minimum atomic E-state index is -4.67. The number of carbonyl (C=O) groups excluding carboxylic acids is 1. The van der Waals surface area contributed by atoms with Gasteiger partial charge >= 0.3 is 6.18 Å². The predicted molar refractivity (Wildman–Crippen MR) is 155 cm³/mol. The Kier molecular flexibility index (Phi) is 8.98. The zero-order valence-corrected chi connectivity index (χ0v) is 23.1. The summed E-state index contributed by atoms with van der Waals surface area (Å²) in [5, 5.41) is 5.68. The molecule has 0 aliphatic carbocycles. The van der Waals surface area contributed by atoms with Crippen LogP contribution in [0.25, 0.3) is 0 Å². The fraction of sp³-hybridized carbons (Fsp3) is 0.259. The molecule has 2 aromatic carbocycles. The second-order valence-corrected chi connectivity index (χ2v) is 9.51. The second kappa shape index (κ2) is 12.4. The number of amides is 1. The molecule has 1 fully saturated rings. The largest absolute Gasteiger partial charge is 0.496 e. The number of aliphatic imine (C=N–C) groups is 3. The van der Waals surface area contributed by atoms with Crippen molar-refractivity contribution in [3.05, 3.63) is 76.8 Å². The van der Waals surface area contributed by atoms with Gasteiger partial charge in [0.25, 0.3) is 5.91 Å². The summed E-state index contributed by atoms with van der Waals surface area (Å²) in [5.41, 5.74) is 6.38. The number of nitrogens with two attached hydrogens (primary N) is 1. The van der Waals surface area contributed by atoms with Gasteiger partial charge in [0.05, 0.1) is 29.6 Å². The maximum absolute atomic E-state index is 13.4. The van der Waals surface area contributed by atoms with Crippen LogP contribution >= 0.6 is 11.6 Å². The van der Waals surface area contributed by atoms with E-state index in [-0.39, 0.29) is 33.5 Å². The van der Waals surface area contributed by atoms with E-state index in [4.69, 9.17) is 22.1 Å². The number of benzene rings is 2. The summed E-state index contributed by atoms with van der Waals surface area (Å²) in [5.74, 6) is -0.448. The molecule has 216 valence electrons. The normalized spacial score (nSPS) is 18.1. The number of hydrogen-bond donors (Lipinski definition) is 3. The Morgan fingerprint density at radius 2 is 1.90 bits per heavy atom. The molecule has 10 nitrogen and oxygen atoms in total. The third-order valence-corrected chi connectivity index (χ3v) is 6.62. The molecule has 0 aromatic heterocycles. The van der Waals surface area contributed by atoms with Crippen LogP contribution in [0.1, 0.15) is 15.9 Å². The maximum atomic E-state index is 13.4. The van der Waals surface area contributed by atoms with Gasteiger partial charge in [-0.25, -0.2) is 9.98 Å². The molecule has 4 rings (SSSR count).